The predicted molar refractivity (Wildman–Crippen MR) is 54.9 cm³/mol. The zero-order valence-corrected chi connectivity index (χ0v) is 8.95. The Morgan fingerprint density at radius 2 is 2.19 bits per heavy atom. The van der Waals surface area contributed by atoms with Gasteiger partial charge in [-0.3, -0.25) is 4.90 Å². The summed E-state index contributed by atoms with van der Waals surface area (Å²) in [7, 11) is 0. The van der Waals surface area contributed by atoms with Crippen LogP contribution in [0.4, 0.5) is 4.79 Å². The van der Waals surface area contributed by atoms with E-state index in [1.807, 2.05) is 0 Å². The molecule has 16 heavy (non-hydrogen) atoms. The van der Waals surface area contributed by atoms with Crippen LogP contribution in [0, 0.1) is 5.92 Å². The van der Waals surface area contributed by atoms with Crippen molar-refractivity contribution in [1.82, 2.24) is 19.7 Å². The molecule has 3 aliphatic heterocycles. The lowest BCUT2D eigenvalue weighted by atomic mass is 9.86. The van der Waals surface area contributed by atoms with E-state index in [0.717, 1.165) is 37.2 Å². The van der Waals surface area contributed by atoms with Gasteiger partial charge in [0.15, 0.2) is 0 Å². The van der Waals surface area contributed by atoms with Crippen molar-refractivity contribution in [3.63, 3.8) is 0 Å². The van der Waals surface area contributed by atoms with E-state index in [2.05, 4.69) is 15.0 Å². The van der Waals surface area contributed by atoms with Gasteiger partial charge >= 0.3 is 6.09 Å². The number of hydrogen-bond donors (Lipinski definition) is 0. The first-order valence-electron chi connectivity index (χ1n) is 5.61. The van der Waals surface area contributed by atoms with Gasteiger partial charge in [0.25, 0.3) is 0 Å². The van der Waals surface area contributed by atoms with Gasteiger partial charge in [-0.15, -0.1) is 5.10 Å². The fraction of sp³-hybridized carbons (Fsp3) is 0.700. The summed E-state index contributed by atoms with van der Waals surface area (Å²) in [6.45, 7) is 3.15. The first kappa shape index (κ1) is 9.77. The molecule has 1 atom stereocenters. The van der Waals surface area contributed by atoms with Crippen LogP contribution in [0.3, 0.4) is 0 Å². The highest BCUT2D eigenvalue weighted by molar-refractivity contribution is 5.69. The Balaban J connectivity index is 1.65. The summed E-state index contributed by atoms with van der Waals surface area (Å²) in [5.41, 5.74) is 0. The molecule has 2 bridgehead atoms. The molecule has 0 N–H and O–H groups in total. The van der Waals surface area contributed by atoms with Gasteiger partial charge in [0.05, 0.1) is 0 Å². The molecule has 0 amide bonds. The SMILES string of the molecule is O=C(O[C@H]1CN2CCC1CC2)n1cncn1. The largest absolute Gasteiger partial charge is 0.443 e. The van der Waals surface area contributed by atoms with Crippen LogP contribution in [-0.2, 0) is 4.74 Å². The molecule has 3 aliphatic rings. The first-order valence-corrected chi connectivity index (χ1v) is 5.61. The molecule has 4 rings (SSSR count). The summed E-state index contributed by atoms with van der Waals surface area (Å²) in [5, 5.41) is 3.76. The smallest absolute Gasteiger partial charge is 0.436 e. The molecule has 1 aromatic rings. The van der Waals surface area contributed by atoms with Gasteiger partial charge in [0.1, 0.15) is 18.8 Å². The van der Waals surface area contributed by atoms with Gasteiger partial charge in [0, 0.05) is 6.54 Å². The summed E-state index contributed by atoms with van der Waals surface area (Å²) in [6.07, 6.45) is 4.57. The Morgan fingerprint density at radius 3 is 2.75 bits per heavy atom. The average Bonchev–Trinajstić information content (AvgIpc) is 2.84. The third kappa shape index (κ3) is 1.69. The van der Waals surface area contributed by atoms with E-state index in [0.29, 0.717) is 5.92 Å². The molecule has 1 aromatic heterocycles. The highest BCUT2D eigenvalue weighted by Gasteiger charge is 2.36. The maximum absolute atomic E-state index is 11.7. The molecular weight excluding hydrogens is 208 g/mol. The molecule has 0 radical (unpaired) electrons. The second kappa shape index (κ2) is 3.86. The van der Waals surface area contributed by atoms with Crippen LogP contribution in [0.25, 0.3) is 0 Å². The lowest BCUT2D eigenvalue weighted by molar-refractivity contribution is -0.0336. The zero-order chi connectivity index (χ0) is 11.0. The van der Waals surface area contributed by atoms with Crippen molar-refractivity contribution < 1.29 is 9.53 Å². The number of fused-ring (bicyclic) bond motifs is 3. The van der Waals surface area contributed by atoms with E-state index in [1.165, 1.54) is 12.7 Å². The number of hydrogen-bond acceptors (Lipinski definition) is 5. The topological polar surface area (TPSA) is 60.2 Å². The second-order valence-corrected chi connectivity index (χ2v) is 4.40. The molecule has 0 aromatic carbocycles. The molecule has 6 heteroatoms. The number of carbonyl (C=O) groups excluding carboxylic acids is 1. The maximum Gasteiger partial charge on any atom is 0.436 e. The van der Waals surface area contributed by atoms with Crippen molar-refractivity contribution in [1.29, 1.82) is 0 Å². The van der Waals surface area contributed by atoms with Crippen molar-refractivity contribution in [2.24, 2.45) is 5.92 Å². The summed E-state index contributed by atoms with van der Waals surface area (Å²) in [6, 6.07) is 0. The highest BCUT2D eigenvalue weighted by atomic mass is 16.6. The van der Waals surface area contributed by atoms with E-state index < -0.39 is 6.09 Å². The van der Waals surface area contributed by atoms with Gasteiger partial charge < -0.3 is 4.74 Å². The maximum atomic E-state index is 11.7. The molecule has 0 spiro atoms. The summed E-state index contributed by atoms with van der Waals surface area (Å²) in [5.74, 6) is 0.525. The van der Waals surface area contributed by atoms with Crippen LogP contribution in [0.1, 0.15) is 12.8 Å². The second-order valence-electron chi connectivity index (χ2n) is 4.40. The number of nitrogens with zero attached hydrogens (tertiary/aromatic N) is 4. The van der Waals surface area contributed by atoms with Gasteiger partial charge in [0.2, 0.25) is 0 Å². The molecule has 0 unspecified atom stereocenters. The van der Waals surface area contributed by atoms with Gasteiger partial charge in [-0.25, -0.2) is 9.78 Å². The van der Waals surface area contributed by atoms with Crippen molar-refractivity contribution in [2.75, 3.05) is 19.6 Å². The Hall–Kier alpha value is -1.43. The van der Waals surface area contributed by atoms with E-state index in [1.54, 1.807) is 0 Å². The molecular formula is C10H14N4O2. The summed E-state index contributed by atoms with van der Waals surface area (Å²) >= 11 is 0. The Bertz CT molecular complexity index is 370. The predicted octanol–water partition coefficient (Wildman–Crippen LogP) is 0.357. The number of aromatic nitrogens is 3. The highest BCUT2D eigenvalue weighted by Crippen LogP contribution is 2.29. The minimum absolute atomic E-state index is 0.0270. The van der Waals surface area contributed by atoms with Crippen molar-refractivity contribution >= 4 is 6.09 Å². The number of rotatable bonds is 1. The molecule has 0 aliphatic carbocycles. The Kier molecular flexibility index (Phi) is 2.36. The molecule has 3 saturated heterocycles. The zero-order valence-electron chi connectivity index (χ0n) is 8.95. The third-order valence-electron chi connectivity index (χ3n) is 3.45. The normalized spacial score (nSPS) is 32.6. The number of ether oxygens (including phenoxy) is 1. The fourth-order valence-electron chi connectivity index (χ4n) is 2.53. The third-order valence-corrected chi connectivity index (χ3v) is 3.45. The molecule has 6 nitrogen and oxygen atoms in total. The van der Waals surface area contributed by atoms with E-state index in [9.17, 15) is 4.79 Å². The van der Waals surface area contributed by atoms with Gasteiger partial charge in [-0.2, -0.15) is 4.68 Å². The van der Waals surface area contributed by atoms with Crippen LogP contribution in [0.5, 0.6) is 0 Å². The van der Waals surface area contributed by atoms with Crippen molar-refractivity contribution in [3.8, 4) is 0 Å². The first-order chi connectivity index (χ1) is 7.83. The van der Waals surface area contributed by atoms with Crippen molar-refractivity contribution in [3.05, 3.63) is 12.7 Å². The minimum Gasteiger partial charge on any atom is -0.443 e. The minimum atomic E-state index is -0.420. The summed E-state index contributed by atoms with van der Waals surface area (Å²) in [4.78, 5) is 17.7. The van der Waals surface area contributed by atoms with Gasteiger partial charge in [-0.05, 0) is 31.8 Å². The van der Waals surface area contributed by atoms with Gasteiger partial charge in [-0.1, -0.05) is 0 Å². The molecule has 4 heterocycles. The number of carbonyl (C=O) groups is 1. The van der Waals surface area contributed by atoms with E-state index in [4.69, 9.17) is 4.74 Å². The van der Waals surface area contributed by atoms with Crippen LogP contribution in [-0.4, -0.2) is 51.5 Å². The lowest BCUT2D eigenvalue weighted by Gasteiger charge is -2.43. The Labute approximate surface area is 93.2 Å². The molecule has 3 fully saturated rings. The number of piperidine rings is 3. The van der Waals surface area contributed by atoms with Crippen molar-refractivity contribution in [2.45, 2.75) is 18.9 Å². The Morgan fingerprint density at radius 1 is 1.38 bits per heavy atom. The van der Waals surface area contributed by atoms with Crippen LogP contribution < -0.4 is 0 Å². The standard InChI is InChI=1S/C10H14N4O2/c15-10(14-7-11-6-12-14)16-9-5-13-3-1-8(9)2-4-13/h6-9H,1-5H2/t9-/m0/s1. The van der Waals surface area contributed by atoms with E-state index in [-0.39, 0.29) is 6.10 Å². The van der Waals surface area contributed by atoms with Crippen LogP contribution in [0.15, 0.2) is 12.7 Å². The van der Waals surface area contributed by atoms with E-state index >= 15 is 0 Å². The van der Waals surface area contributed by atoms with Crippen LogP contribution >= 0.6 is 0 Å². The lowest BCUT2D eigenvalue weighted by Crippen LogP contribution is -2.52. The average molecular weight is 222 g/mol. The fourth-order valence-corrected chi connectivity index (χ4v) is 2.53. The summed E-state index contributed by atoms with van der Waals surface area (Å²) < 4.78 is 6.59. The quantitative estimate of drug-likeness (QED) is 0.686. The van der Waals surface area contributed by atoms with Crippen LogP contribution in [0.2, 0.25) is 0 Å². The monoisotopic (exact) mass is 222 g/mol. The molecule has 86 valence electrons. The molecule has 0 saturated carbocycles.